The number of rotatable bonds is 3. The van der Waals surface area contributed by atoms with Gasteiger partial charge in [-0.1, -0.05) is 18.2 Å². The molecule has 3 nitrogen and oxygen atoms in total. The minimum Gasteiger partial charge on any atom is -0.399 e. The molecule has 0 atom stereocenters. The van der Waals surface area contributed by atoms with Crippen LogP contribution >= 0.6 is 0 Å². The summed E-state index contributed by atoms with van der Waals surface area (Å²) < 4.78 is 37.4. The van der Waals surface area contributed by atoms with Crippen LogP contribution in [-0.4, -0.2) is 8.42 Å². The van der Waals surface area contributed by atoms with Gasteiger partial charge in [0, 0.05) is 5.69 Å². The van der Waals surface area contributed by atoms with Gasteiger partial charge in [0.1, 0.15) is 5.82 Å². The van der Waals surface area contributed by atoms with Crippen LogP contribution in [0.4, 0.5) is 10.1 Å². The number of nitrogens with two attached hydrogens (primary N) is 1. The highest BCUT2D eigenvalue weighted by Gasteiger charge is 2.18. The Morgan fingerprint density at radius 3 is 2.37 bits per heavy atom. The van der Waals surface area contributed by atoms with Gasteiger partial charge < -0.3 is 5.73 Å². The fourth-order valence-electron chi connectivity index (χ4n) is 1.83. The average molecular weight is 279 g/mol. The van der Waals surface area contributed by atoms with Crippen LogP contribution in [0.5, 0.6) is 0 Å². The van der Waals surface area contributed by atoms with E-state index >= 15 is 0 Å². The van der Waals surface area contributed by atoms with Crippen molar-refractivity contribution in [1.29, 1.82) is 0 Å². The summed E-state index contributed by atoms with van der Waals surface area (Å²) in [6.07, 6.45) is 0. The first-order chi connectivity index (χ1) is 8.88. The SMILES string of the molecule is Cc1ccc(N)cc1S(=O)(=O)Cc1ccc(F)cc1. The monoisotopic (exact) mass is 279 g/mol. The van der Waals surface area contributed by atoms with Gasteiger partial charge in [-0.3, -0.25) is 0 Å². The molecule has 5 heteroatoms. The third kappa shape index (κ3) is 3.12. The highest BCUT2D eigenvalue weighted by Crippen LogP contribution is 2.22. The predicted molar refractivity (Wildman–Crippen MR) is 72.9 cm³/mol. The molecule has 2 N–H and O–H groups in total. The van der Waals surface area contributed by atoms with E-state index in [1.807, 2.05) is 0 Å². The van der Waals surface area contributed by atoms with Gasteiger partial charge in [-0.2, -0.15) is 0 Å². The summed E-state index contributed by atoms with van der Waals surface area (Å²) in [5, 5.41) is 0. The third-order valence-electron chi connectivity index (χ3n) is 2.82. The maximum atomic E-state index is 12.8. The molecule has 0 radical (unpaired) electrons. The largest absolute Gasteiger partial charge is 0.399 e. The van der Waals surface area contributed by atoms with Gasteiger partial charge in [-0.05, 0) is 42.3 Å². The zero-order valence-corrected chi connectivity index (χ0v) is 11.2. The van der Waals surface area contributed by atoms with Crippen molar-refractivity contribution in [3.05, 3.63) is 59.4 Å². The van der Waals surface area contributed by atoms with E-state index in [0.717, 1.165) is 0 Å². The summed E-state index contributed by atoms with van der Waals surface area (Å²) in [6.45, 7) is 1.72. The molecule has 2 aromatic rings. The van der Waals surface area contributed by atoms with Gasteiger partial charge in [0.05, 0.1) is 10.6 Å². The number of anilines is 1. The number of halogens is 1. The number of hydrogen-bond donors (Lipinski definition) is 1. The summed E-state index contributed by atoms with van der Waals surface area (Å²) in [6, 6.07) is 10.2. The van der Waals surface area contributed by atoms with Crippen LogP contribution < -0.4 is 5.73 Å². The van der Waals surface area contributed by atoms with Crippen molar-refractivity contribution in [2.24, 2.45) is 0 Å². The Morgan fingerprint density at radius 2 is 1.74 bits per heavy atom. The van der Waals surface area contributed by atoms with Crippen LogP contribution in [0.15, 0.2) is 47.4 Å². The van der Waals surface area contributed by atoms with Crippen molar-refractivity contribution in [3.63, 3.8) is 0 Å². The number of aryl methyl sites for hydroxylation is 1. The van der Waals surface area contributed by atoms with E-state index in [2.05, 4.69) is 0 Å². The fraction of sp³-hybridized carbons (Fsp3) is 0.143. The molecule has 0 saturated heterocycles. The van der Waals surface area contributed by atoms with Crippen LogP contribution in [0.2, 0.25) is 0 Å². The second kappa shape index (κ2) is 5.01. The molecule has 2 rings (SSSR count). The average Bonchev–Trinajstić information content (AvgIpc) is 2.35. The first kappa shape index (κ1) is 13.5. The van der Waals surface area contributed by atoms with Crippen LogP contribution in [0.1, 0.15) is 11.1 Å². The Labute approximate surface area is 111 Å². The highest BCUT2D eigenvalue weighted by atomic mass is 32.2. The molecule has 0 aromatic heterocycles. The minimum absolute atomic E-state index is 0.169. The van der Waals surface area contributed by atoms with E-state index in [0.29, 0.717) is 16.8 Å². The number of benzene rings is 2. The van der Waals surface area contributed by atoms with E-state index in [4.69, 9.17) is 5.73 Å². The summed E-state index contributed by atoms with van der Waals surface area (Å²) in [7, 11) is -3.48. The summed E-state index contributed by atoms with van der Waals surface area (Å²) in [5.41, 5.74) is 7.22. The van der Waals surface area contributed by atoms with Gasteiger partial charge in [0.15, 0.2) is 9.84 Å². The van der Waals surface area contributed by atoms with Crippen molar-refractivity contribution in [2.45, 2.75) is 17.6 Å². The van der Waals surface area contributed by atoms with Crippen molar-refractivity contribution < 1.29 is 12.8 Å². The number of hydrogen-bond acceptors (Lipinski definition) is 3. The Hall–Kier alpha value is -1.88. The van der Waals surface area contributed by atoms with Gasteiger partial charge >= 0.3 is 0 Å². The van der Waals surface area contributed by atoms with Crippen molar-refractivity contribution in [2.75, 3.05) is 5.73 Å². The van der Waals surface area contributed by atoms with E-state index in [9.17, 15) is 12.8 Å². The van der Waals surface area contributed by atoms with Crippen molar-refractivity contribution >= 4 is 15.5 Å². The quantitative estimate of drug-likeness (QED) is 0.879. The summed E-state index contributed by atoms with van der Waals surface area (Å²) in [5.74, 6) is -0.557. The minimum atomic E-state index is -3.48. The molecule has 0 amide bonds. The Bertz CT molecular complexity index is 694. The third-order valence-corrected chi connectivity index (χ3v) is 4.64. The maximum absolute atomic E-state index is 12.8. The summed E-state index contributed by atoms with van der Waals surface area (Å²) in [4.78, 5) is 0.219. The second-order valence-electron chi connectivity index (χ2n) is 4.41. The number of nitrogen functional groups attached to an aromatic ring is 1. The van der Waals surface area contributed by atoms with E-state index in [-0.39, 0.29) is 16.5 Å². The maximum Gasteiger partial charge on any atom is 0.182 e. The lowest BCUT2D eigenvalue weighted by Crippen LogP contribution is -2.07. The van der Waals surface area contributed by atoms with E-state index in [1.165, 1.54) is 30.3 Å². The molecule has 0 bridgehead atoms. The second-order valence-corrected chi connectivity index (χ2v) is 6.37. The lowest BCUT2D eigenvalue weighted by Gasteiger charge is -2.08. The lowest BCUT2D eigenvalue weighted by molar-refractivity contribution is 0.594. The zero-order chi connectivity index (χ0) is 14.0. The molecule has 0 aliphatic rings. The standard InChI is InChI=1S/C14H14FNO2S/c1-10-2-7-13(16)8-14(10)19(17,18)9-11-3-5-12(15)6-4-11/h2-8H,9,16H2,1H3. The molecule has 0 aliphatic heterocycles. The molecule has 0 fully saturated rings. The van der Waals surface area contributed by atoms with Gasteiger partial charge in [0.2, 0.25) is 0 Å². The van der Waals surface area contributed by atoms with Gasteiger partial charge in [-0.15, -0.1) is 0 Å². The smallest absolute Gasteiger partial charge is 0.182 e. The Kier molecular flexibility index (Phi) is 3.57. The molecular formula is C14H14FNO2S. The van der Waals surface area contributed by atoms with Crippen LogP contribution in [0.25, 0.3) is 0 Å². The number of sulfone groups is 1. The van der Waals surface area contributed by atoms with Crippen LogP contribution in [0.3, 0.4) is 0 Å². The zero-order valence-electron chi connectivity index (χ0n) is 10.4. The van der Waals surface area contributed by atoms with Crippen molar-refractivity contribution in [3.8, 4) is 0 Å². The normalized spacial score (nSPS) is 11.5. The predicted octanol–water partition coefficient (Wildman–Crippen LogP) is 2.69. The fourth-order valence-corrected chi connectivity index (χ4v) is 3.49. The first-order valence-corrected chi connectivity index (χ1v) is 7.37. The molecule has 0 aliphatic carbocycles. The van der Waals surface area contributed by atoms with E-state index in [1.54, 1.807) is 19.1 Å². The molecule has 0 saturated carbocycles. The lowest BCUT2D eigenvalue weighted by atomic mass is 10.2. The van der Waals surface area contributed by atoms with Gasteiger partial charge in [-0.25, -0.2) is 12.8 Å². The van der Waals surface area contributed by atoms with Crippen LogP contribution in [-0.2, 0) is 15.6 Å². The molecule has 2 aromatic carbocycles. The highest BCUT2D eigenvalue weighted by molar-refractivity contribution is 7.90. The topological polar surface area (TPSA) is 60.2 Å². The molecule has 100 valence electrons. The summed E-state index contributed by atoms with van der Waals surface area (Å²) >= 11 is 0. The first-order valence-electron chi connectivity index (χ1n) is 5.72. The van der Waals surface area contributed by atoms with Gasteiger partial charge in [0.25, 0.3) is 0 Å². The molecular weight excluding hydrogens is 265 g/mol. The molecule has 0 spiro atoms. The molecule has 0 unspecified atom stereocenters. The van der Waals surface area contributed by atoms with Crippen molar-refractivity contribution in [1.82, 2.24) is 0 Å². The molecule has 19 heavy (non-hydrogen) atoms. The van der Waals surface area contributed by atoms with E-state index < -0.39 is 9.84 Å². The Morgan fingerprint density at radius 1 is 1.11 bits per heavy atom. The van der Waals surface area contributed by atoms with Crippen LogP contribution in [0, 0.1) is 12.7 Å². The Balaban J connectivity index is 2.37. The molecule has 0 heterocycles.